The smallest absolute Gasteiger partial charge is 0.268 e. The molecule has 0 aromatic rings. The number of phosphoric ester groups is 1. The molecule has 3 atom stereocenters. The topological polar surface area (TPSA) is 108 Å². The number of phosphoric acid groups is 1. The van der Waals surface area contributed by atoms with Gasteiger partial charge in [0.25, 0.3) is 7.82 Å². The number of nitrogens with one attached hydrogen (secondary N) is 1. The zero-order valence-corrected chi connectivity index (χ0v) is 43.0. The average Bonchev–Trinajstić information content (AvgIpc) is 3.23. The van der Waals surface area contributed by atoms with Crippen LogP contribution in [-0.2, 0) is 18.4 Å². The highest BCUT2D eigenvalue weighted by atomic mass is 31.2. The van der Waals surface area contributed by atoms with Gasteiger partial charge in [0.2, 0.25) is 5.91 Å². The zero-order valence-electron chi connectivity index (χ0n) is 42.1. The summed E-state index contributed by atoms with van der Waals surface area (Å²) in [5.41, 5.74) is 0. The summed E-state index contributed by atoms with van der Waals surface area (Å²) in [5.74, 6) is -0.169. The molecule has 0 saturated heterocycles. The molecule has 0 aromatic heterocycles. The van der Waals surface area contributed by atoms with Crippen LogP contribution in [0.3, 0.4) is 0 Å². The largest absolute Gasteiger partial charge is 0.756 e. The lowest BCUT2D eigenvalue weighted by atomic mass is 10.0. The Balaban J connectivity index is 4.18. The number of allylic oxidation sites excluding steroid dienone is 2. The Morgan fingerprint density at radius 2 is 0.887 bits per heavy atom. The molecule has 2 N–H and O–H groups in total. The molecule has 0 aliphatic heterocycles. The first-order valence-corrected chi connectivity index (χ1v) is 28.5. The first kappa shape index (κ1) is 61.2. The van der Waals surface area contributed by atoms with Gasteiger partial charge in [0, 0.05) is 6.42 Å². The van der Waals surface area contributed by atoms with Crippen molar-refractivity contribution in [1.82, 2.24) is 5.32 Å². The molecular formula is C53H107N2O6P. The molecule has 0 spiro atoms. The van der Waals surface area contributed by atoms with Crippen LogP contribution in [-0.4, -0.2) is 68.5 Å². The highest BCUT2D eigenvalue weighted by molar-refractivity contribution is 7.45. The Kier molecular flexibility index (Phi) is 44.8. The molecule has 0 saturated carbocycles. The minimum absolute atomic E-state index is 0.0128. The molecule has 0 aliphatic rings. The van der Waals surface area contributed by atoms with Gasteiger partial charge in [0.05, 0.1) is 39.9 Å². The normalized spacial score (nSPS) is 14.1. The maximum absolute atomic E-state index is 12.9. The lowest BCUT2D eigenvalue weighted by molar-refractivity contribution is -0.870. The number of quaternary nitrogens is 1. The molecular weight excluding hydrogens is 792 g/mol. The van der Waals surface area contributed by atoms with Crippen molar-refractivity contribution in [1.29, 1.82) is 0 Å². The summed E-state index contributed by atoms with van der Waals surface area (Å²) in [6.45, 7) is 4.75. The minimum atomic E-state index is -4.57. The van der Waals surface area contributed by atoms with E-state index in [1.807, 2.05) is 21.1 Å². The third-order valence-electron chi connectivity index (χ3n) is 12.5. The second-order valence-electron chi connectivity index (χ2n) is 19.9. The van der Waals surface area contributed by atoms with Gasteiger partial charge in [0.15, 0.2) is 0 Å². The van der Waals surface area contributed by atoms with E-state index in [0.29, 0.717) is 23.9 Å². The first-order valence-electron chi connectivity index (χ1n) is 27.0. The van der Waals surface area contributed by atoms with Crippen LogP contribution in [0.1, 0.15) is 271 Å². The Hall–Kier alpha value is -0.760. The van der Waals surface area contributed by atoms with Gasteiger partial charge in [-0.1, -0.05) is 238 Å². The number of hydrogen-bond acceptors (Lipinski definition) is 6. The van der Waals surface area contributed by atoms with E-state index in [0.717, 1.165) is 51.4 Å². The number of carbonyl (C=O) groups is 1. The summed E-state index contributed by atoms with van der Waals surface area (Å²) in [7, 11) is 1.31. The van der Waals surface area contributed by atoms with Crippen LogP contribution in [0, 0.1) is 0 Å². The summed E-state index contributed by atoms with van der Waals surface area (Å²) < 4.78 is 23.4. The van der Waals surface area contributed by atoms with Gasteiger partial charge in [-0.3, -0.25) is 9.36 Å². The molecule has 0 radical (unpaired) electrons. The molecule has 1 amide bonds. The predicted octanol–water partition coefficient (Wildman–Crippen LogP) is 15.2. The number of aliphatic hydroxyl groups is 1. The highest BCUT2D eigenvalue weighted by Crippen LogP contribution is 2.38. The van der Waals surface area contributed by atoms with Crippen LogP contribution in [0.15, 0.2) is 12.2 Å². The van der Waals surface area contributed by atoms with E-state index >= 15 is 0 Å². The fraction of sp³-hybridized carbons (Fsp3) is 0.943. The summed E-state index contributed by atoms with van der Waals surface area (Å²) in [6, 6.07) is -0.802. The van der Waals surface area contributed by atoms with Crippen LogP contribution < -0.4 is 10.2 Å². The Morgan fingerprint density at radius 1 is 0.548 bits per heavy atom. The average molecular weight is 899 g/mol. The number of likely N-dealkylation sites (N-methyl/N-ethyl adjacent to an activating group) is 1. The van der Waals surface area contributed by atoms with Gasteiger partial charge >= 0.3 is 0 Å². The van der Waals surface area contributed by atoms with Crippen LogP contribution in [0.4, 0.5) is 0 Å². The van der Waals surface area contributed by atoms with Crippen molar-refractivity contribution >= 4 is 13.7 Å². The van der Waals surface area contributed by atoms with Crippen molar-refractivity contribution in [2.75, 3.05) is 40.9 Å². The van der Waals surface area contributed by atoms with Gasteiger partial charge in [0.1, 0.15) is 13.2 Å². The molecule has 0 bridgehead atoms. The standard InChI is InChI=1S/C53H107N2O6P/c1-6-8-10-12-14-16-18-20-22-24-25-26-27-28-29-30-31-32-34-36-38-40-42-44-46-52(56)51(50-61-62(58,59)60-49-48-55(3,4)5)54-53(57)47-45-43-41-39-37-35-33-23-21-19-17-15-13-11-9-7-2/h23,33,51-52,56H,6-22,24-32,34-50H2,1-5H3,(H-,54,57,58,59)/b33-23-. The van der Waals surface area contributed by atoms with Crippen LogP contribution in [0.2, 0.25) is 0 Å². The van der Waals surface area contributed by atoms with E-state index < -0.39 is 20.0 Å². The Labute approximate surface area is 386 Å². The van der Waals surface area contributed by atoms with Crippen molar-refractivity contribution in [3.63, 3.8) is 0 Å². The van der Waals surface area contributed by atoms with Gasteiger partial charge < -0.3 is 28.8 Å². The number of hydrogen-bond donors (Lipinski definition) is 2. The van der Waals surface area contributed by atoms with Crippen molar-refractivity contribution in [3.05, 3.63) is 12.2 Å². The molecule has 62 heavy (non-hydrogen) atoms. The molecule has 0 rings (SSSR count). The molecule has 3 unspecified atom stereocenters. The highest BCUT2D eigenvalue weighted by Gasteiger charge is 2.24. The monoisotopic (exact) mass is 899 g/mol. The predicted molar refractivity (Wildman–Crippen MR) is 266 cm³/mol. The number of nitrogens with zero attached hydrogens (tertiary/aromatic N) is 1. The first-order chi connectivity index (χ1) is 30.0. The molecule has 0 fully saturated rings. The molecule has 0 aromatic carbocycles. The maximum atomic E-state index is 12.9. The van der Waals surface area contributed by atoms with E-state index in [-0.39, 0.29) is 19.1 Å². The van der Waals surface area contributed by atoms with E-state index in [1.54, 1.807) is 0 Å². The van der Waals surface area contributed by atoms with Crippen molar-refractivity contribution in [2.45, 2.75) is 283 Å². The molecule has 370 valence electrons. The van der Waals surface area contributed by atoms with Crippen molar-refractivity contribution in [3.8, 4) is 0 Å². The van der Waals surface area contributed by atoms with E-state index in [4.69, 9.17) is 9.05 Å². The lowest BCUT2D eigenvalue weighted by Crippen LogP contribution is -2.46. The Bertz CT molecular complexity index is 1020. The summed E-state index contributed by atoms with van der Waals surface area (Å²) in [4.78, 5) is 25.4. The van der Waals surface area contributed by atoms with Crippen molar-refractivity contribution < 1.29 is 32.9 Å². The fourth-order valence-electron chi connectivity index (χ4n) is 8.21. The number of amides is 1. The minimum Gasteiger partial charge on any atom is -0.756 e. The maximum Gasteiger partial charge on any atom is 0.268 e. The van der Waals surface area contributed by atoms with E-state index in [1.165, 1.54) is 193 Å². The van der Waals surface area contributed by atoms with E-state index in [9.17, 15) is 19.4 Å². The molecule has 0 aliphatic carbocycles. The second-order valence-corrected chi connectivity index (χ2v) is 21.4. The quantitative estimate of drug-likeness (QED) is 0.0272. The SMILES string of the molecule is CCCCCCCCC/C=C\CCCCCCCC(=O)NC(COP(=O)([O-])OCC[N+](C)(C)C)C(O)CCCCCCCCCCCCCCCCCCCCCCCCCC. The summed E-state index contributed by atoms with van der Waals surface area (Å²) in [6.07, 6.45) is 53.7. The number of unbranched alkanes of at least 4 members (excludes halogenated alkanes) is 35. The molecule has 0 heterocycles. The third-order valence-corrected chi connectivity index (χ3v) is 13.5. The zero-order chi connectivity index (χ0) is 45.7. The van der Waals surface area contributed by atoms with Crippen LogP contribution in [0.5, 0.6) is 0 Å². The van der Waals surface area contributed by atoms with Gasteiger partial charge in [-0.25, -0.2) is 0 Å². The van der Waals surface area contributed by atoms with Gasteiger partial charge in [-0.05, 0) is 38.5 Å². The number of rotatable bonds is 50. The summed E-state index contributed by atoms with van der Waals surface area (Å²) in [5, 5.41) is 14.0. The van der Waals surface area contributed by atoms with Crippen molar-refractivity contribution in [2.24, 2.45) is 0 Å². The van der Waals surface area contributed by atoms with Gasteiger partial charge in [-0.2, -0.15) is 0 Å². The number of aliphatic hydroxyl groups excluding tert-OH is 1. The van der Waals surface area contributed by atoms with E-state index in [2.05, 4.69) is 31.3 Å². The fourth-order valence-corrected chi connectivity index (χ4v) is 8.94. The van der Waals surface area contributed by atoms with Gasteiger partial charge in [-0.15, -0.1) is 0 Å². The third kappa shape index (κ3) is 47.2. The molecule has 9 heteroatoms. The summed E-state index contributed by atoms with van der Waals surface area (Å²) >= 11 is 0. The molecule has 8 nitrogen and oxygen atoms in total. The van der Waals surface area contributed by atoms with Crippen LogP contribution in [0.25, 0.3) is 0 Å². The van der Waals surface area contributed by atoms with Crippen LogP contribution >= 0.6 is 7.82 Å². The number of carbonyl (C=O) groups excluding carboxylic acids is 1. The Morgan fingerprint density at radius 3 is 1.26 bits per heavy atom. The second kappa shape index (κ2) is 45.4. The lowest BCUT2D eigenvalue weighted by Gasteiger charge is -2.30.